The first-order valence-corrected chi connectivity index (χ1v) is 7.38. The number of hydrogen-bond donors (Lipinski definition) is 2. The van der Waals surface area contributed by atoms with E-state index < -0.39 is 0 Å². The molecule has 2 aromatic heterocycles. The molecule has 0 aliphatic heterocycles. The van der Waals surface area contributed by atoms with E-state index in [1.807, 2.05) is 0 Å². The van der Waals surface area contributed by atoms with Gasteiger partial charge in [0.2, 0.25) is 0 Å². The first kappa shape index (κ1) is 11.9. The maximum atomic E-state index is 5.58. The molecular weight excluding hydrogens is 310 g/mol. The third-order valence-corrected chi connectivity index (χ3v) is 4.72. The Balaban J connectivity index is 2.15. The second kappa shape index (κ2) is 4.84. The number of rotatable bonds is 3. The van der Waals surface area contributed by atoms with Crippen LogP contribution in [0.2, 0.25) is 0 Å². The van der Waals surface area contributed by atoms with E-state index in [2.05, 4.69) is 55.8 Å². The number of thiophene rings is 1. The van der Waals surface area contributed by atoms with E-state index in [9.17, 15) is 0 Å². The van der Waals surface area contributed by atoms with E-state index in [4.69, 9.17) is 5.73 Å². The van der Waals surface area contributed by atoms with Gasteiger partial charge in [-0.1, -0.05) is 18.2 Å². The Bertz CT molecular complexity index is 686. The van der Waals surface area contributed by atoms with Crippen molar-refractivity contribution in [2.75, 3.05) is 6.54 Å². The Labute approximate surface area is 117 Å². The summed E-state index contributed by atoms with van der Waals surface area (Å²) in [6, 6.07) is 8.37. The van der Waals surface area contributed by atoms with Gasteiger partial charge < -0.3 is 5.73 Å². The lowest BCUT2D eigenvalue weighted by Gasteiger charge is -1.97. The van der Waals surface area contributed by atoms with Gasteiger partial charge in [0.1, 0.15) is 5.69 Å². The Morgan fingerprint density at radius 2 is 2.17 bits per heavy atom. The summed E-state index contributed by atoms with van der Waals surface area (Å²) in [5.41, 5.74) is 8.78. The predicted molar refractivity (Wildman–Crippen MR) is 79.9 cm³/mol. The zero-order valence-corrected chi connectivity index (χ0v) is 12.0. The molecule has 0 atom stereocenters. The number of fused-ring (bicyclic) bond motifs is 1. The third kappa shape index (κ3) is 1.88. The van der Waals surface area contributed by atoms with Crippen LogP contribution in [-0.4, -0.2) is 16.7 Å². The zero-order valence-electron chi connectivity index (χ0n) is 9.61. The maximum absolute atomic E-state index is 5.58. The molecule has 0 spiro atoms. The summed E-state index contributed by atoms with van der Waals surface area (Å²) in [4.78, 5) is 0. The first-order valence-electron chi connectivity index (χ1n) is 5.70. The normalized spacial score (nSPS) is 11.2. The number of aromatic amines is 1. The number of nitrogens with zero attached hydrogens (tertiary/aromatic N) is 1. The molecule has 0 saturated heterocycles. The summed E-state index contributed by atoms with van der Waals surface area (Å²) < 4.78 is 2.30. The van der Waals surface area contributed by atoms with Crippen LogP contribution in [0.4, 0.5) is 0 Å². The van der Waals surface area contributed by atoms with E-state index >= 15 is 0 Å². The molecule has 5 heteroatoms. The molecule has 0 bridgehead atoms. The Morgan fingerprint density at radius 1 is 1.33 bits per heavy atom. The second-order valence-corrected chi connectivity index (χ2v) is 5.75. The van der Waals surface area contributed by atoms with Gasteiger partial charge in [-0.05, 0) is 28.5 Å². The van der Waals surface area contributed by atoms with Crippen molar-refractivity contribution in [3.63, 3.8) is 0 Å². The minimum Gasteiger partial charge on any atom is -0.330 e. The highest BCUT2D eigenvalue weighted by atomic mass is 79.9. The average molecular weight is 322 g/mol. The molecule has 0 amide bonds. The highest BCUT2D eigenvalue weighted by molar-refractivity contribution is 9.10. The summed E-state index contributed by atoms with van der Waals surface area (Å²) in [6.45, 7) is 0.616. The van der Waals surface area contributed by atoms with E-state index in [0.29, 0.717) is 6.54 Å². The van der Waals surface area contributed by atoms with Crippen molar-refractivity contribution in [3.05, 3.63) is 39.8 Å². The first-order chi connectivity index (χ1) is 8.81. The number of nitrogens with two attached hydrogens (primary N) is 1. The van der Waals surface area contributed by atoms with Crippen molar-refractivity contribution in [3.8, 4) is 11.3 Å². The molecule has 1 aromatic carbocycles. The fourth-order valence-electron chi connectivity index (χ4n) is 2.01. The standard InChI is InChI=1S/C13H12BrN3S/c14-12-10(5-6-15)16-17-13(12)9-7-18-11-4-2-1-3-8(9)11/h1-4,7H,5-6,15H2,(H,16,17). The maximum Gasteiger partial charge on any atom is 0.108 e. The fourth-order valence-corrected chi connectivity index (χ4v) is 3.55. The molecule has 0 radical (unpaired) electrons. The van der Waals surface area contributed by atoms with Crippen molar-refractivity contribution in [1.29, 1.82) is 0 Å². The zero-order chi connectivity index (χ0) is 12.5. The van der Waals surface area contributed by atoms with Crippen LogP contribution in [0.5, 0.6) is 0 Å². The van der Waals surface area contributed by atoms with Gasteiger partial charge >= 0.3 is 0 Å². The molecule has 3 aromatic rings. The number of halogens is 1. The number of aromatic nitrogens is 2. The molecule has 0 fully saturated rings. The SMILES string of the molecule is NCCc1[nH]nc(-c2csc3ccccc23)c1Br. The van der Waals surface area contributed by atoms with Crippen molar-refractivity contribution < 1.29 is 0 Å². The largest absolute Gasteiger partial charge is 0.330 e. The molecule has 0 aliphatic rings. The Morgan fingerprint density at radius 3 is 3.00 bits per heavy atom. The molecule has 92 valence electrons. The van der Waals surface area contributed by atoms with Crippen LogP contribution in [0.3, 0.4) is 0 Å². The predicted octanol–water partition coefficient (Wildman–Crippen LogP) is 3.56. The minimum atomic E-state index is 0.616. The monoisotopic (exact) mass is 321 g/mol. The molecule has 0 unspecified atom stereocenters. The number of benzene rings is 1. The van der Waals surface area contributed by atoms with Crippen LogP contribution >= 0.6 is 27.3 Å². The molecule has 3 N–H and O–H groups in total. The fraction of sp³-hybridized carbons (Fsp3) is 0.154. The van der Waals surface area contributed by atoms with Gasteiger partial charge in [0.05, 0.1) is 10.2 Å². The smallest absolute Gasteiger partial charge is 0.108 e. The summed E-state index contributed by atoms with van der Waals surface area (Å²) in [5.74, 6) is 0. The van der Waals surface area contributed by atoms with Gasteiger partial charge in [-0.3, -0.25) is 5.10 Å². The summed E-state index contributed by atoms with van der Waals surface area (Å²) in [6.07, 6.45) is 0.801. The van der Waals surface area contributed by atoms with Gasteiger partial charge in [0.25, 0.3) is 0 Å². The van der Waals surface area contributed by atoms with Crippen molar-refractivity contribution in [2.45, 2.75) is 6.42 Å². The van der Waals surface area contributed by atoms with Crippen molar-refractivity contribution in [2.24, 2.45) is 5.73 Å². The van der Waals surface area contributed by atoms with Crippen LogP contribution in [0, 0.1) is 0 Å². The Kier molecular flexibility index (Phi) is 3.20. The number of H-pyrrole nitrogens is 1. The number of nitrogens with one attached hydrogen (secondary N) is 1. The van der Waals surface area contributed by atoms with Gasteiger partial charge in [0, 0.05) is 27.5 Å². The summed E-state index contributed by atoms with van der Waals surface area (Å²) in [5, 5.41) is 10.9. The molecular formula is C13H12BrN3S. The van der Waals surface area contributed by atoms with Gasteiger partial charge in [-0.2, -0.15) is 5.10 Å². The van der Waals surface area contributed by atoms with Gasteiger partial charge in [-0.15, -0.1) is 11.3 Å². The second-order valence-electron chi connectivity index (χ2n) is 4.05. The van der Waals surface area contributed by atoms with E-state index in [1.54, 1.807) is 11.3 Å². The average Bonchev–Trinajstić information content (AvgIpc) is 2.95. The molecule has 3 rings (SSSR count). The summed E-state index contributed by atoms with van der Waals surface area (Å²) in [7, 11) is 0. The van der Waals surface area contributed by atoms with Crippen LogP contribution < -0.4 is 5.73 Å². The Hall–Kier alpha value is -1.17. The van der Waals surface area contributed by atoms with Crippen LogP contribution in [0.1, 0.15) is 5.69 Å². The lowest BCUT2D eigenvalue weighted by molar-refractivity contribution is 0.899. The van der Waals surface area contributed by atoms with E-state index in [0.717, 1.165) is 22.3 Å². The van der Waals surface area contributed by atoms with E-state index in [1.165, 1.54) is 15.6 Å². The van der Waals surface area contributed by atoms with Crippen LogP contribution in [-0.2, 0) is 6.42 Å². The lowest BCUT2D eigenvalue weighted by atomic mass is 10.1. The molecule has 0 aliphatic carbocycles. The summed E-state index contributed by atoms with van der Waals surface area (Å²) >= 11 is 5.36. The van der Waals surface area contributed by atoms with Crippen LogP contribution in [0.15, 0.2) is 34.1 Å². The highest BCUT2D eigenvalue weighted by Crippen LogP contribution is 2.37. The quantitative estimate of drug-likeness (QED) is 0.775. The van der Waals surface area contributed by atoms with E-state index in [-0.39, 0.29) is 0 Å². The number of hydrogen-bond acceptors (Lipinski definition) is 3. The van der Waals surface area contributed by atoms with Gasteiger partial charge in [-0.25, -0.2) is 0 Å². The van der Waals surface area contributed by atoms with Gasteiger partial charge in [0.15, 0.2) is 0 Å². The molecule has 18 heavy (non-hydrogen) atoms. The molecule has 3 nitrogen and oxygen atoms in total. The minimum absolute atomic E-state index is 0.616. The highest BCUT2D eigenvalue weighted by Gasteiger charge is 2.15. The van der Waals surface area contributed by atoms with Crippen molar-refractivity contribution >= 4 is 37.4 Å². The lowest BCUT2D eigenvalue weighted by Crippen LogP contribution is -2.03. The molecule has 2 heterocycles. The van der Waals surface area contributed by atoms with Crippen molar-refractivity contribution in [1.82, 2.24) is 10.2 Å². The topological polar surface area (TPSA) is 54.7 Å². The van der Waals surface area contributed by atoms with Crippen LogP contribution in [0.25, 0.3) is 21.3 Å². The third-order valence-electron chi connectivity index (χ3n) is 2.91. The molecule has 0 saturated carbocycles.